The number of aryl methyl sites for hydroxylation is 2. The van der Waals surface area contributed by atoms with Crippen LogP contribution in [0.4, 0.5) is 5.69 Å². The van der Waals surface area contributed by atoms with E-state index < -0.39 is 0 Å². The predicted molar refractivity (Wildman–Crippen MR) is 81.2 cm³/mol. The largest absolute Gasteiger partial charge is 0.495 e. The molecule has 0 saturated carbocycles. The molecule has 0 bridgehead atoms. The minimum atomic E-state index is 0.625. The molecule has 19 heavy (non-hydrogen) atoms. The number of ether oxygens (including phenoxy) is 1. The van der Waals surface area contributed by atoms with Crippen LogP contribution in [0.15, 0.2) is 36.4 Å². The summed E-state index contributed by atoms with van der Waals surface area (Å²) in [4.78, 5) is 0. The molecule has 0 aliphatic rings. The highest BCUT2D eigenvalue weighted by molar-refractivity contribution is 6.32. The highest BCUT2D eigenvalue weighted by atomic mass is 35.5. The maximum atomic E-state index is 6.00. The Kier molecular flexibility index (Phi) is 4.33. The minimum Gasteiger partial charge on any atom is -0.495 e. The number of benzene rings is 2. The Morgan fingerprint density at radius 1 is 1.11 bits per heavy atom. The molecule has 0 spiro atoms. The zero-order chi connectivity index (χ0) is 13.8. The van der Waals surface area contributed by atoms with Crippen LogP contribution in [0.3, 0.4) is 0 Å². The first-order valence-electron chi connectivity index (χ1n) is 6.23. The summed E-state index contributed by atoms with van der Waals surface area (Å²) < 4.78 is 5.21. The normalized spacial score (nSPS) is 10.3. The Hall–Kier alpha value is -1.67. The molecule has 0 fully saturated rings. The molecule has 0 radical (unpaired) electrons. The smallest absolute Gasteiger partial charge is 0.139 e. The first-order valence-corrected chi connectivity index (χ1v) is 6.61. The summed E-state index contributed by atoms with van der Waals surface area (Å²) in [5.41, 5.74) is 4.88. The lowest BCUT2D eigenvalue weighted by Gasteiger charge is -2.11. The van der Waals surface area contributed by atoms with Crippen molar-refractivity contribution in [1.29, 1.82) is 0 Å². The van der Waals surface area contributed by atoms with Gasteiger partial charge in [0, 0.05) is 18.3 Å². The fourth-order valence-electron chi connectivity index (χ4n) is 2.01. The average molecular weight is 276 g/mol. The summed E-state index contributed by atoms with van der Waals surface area (Å²) in [6, 6.07) is 12.2. The van der Waals surface area contributed by atoms with Gasteiger partial charge in [0.05, 0.1) is 12.1 Å². The van der Waals surface area contributed by atoms with Crippen molar-refractivity contribution in [2.75, 3.05) is 12.4 Å². The molecule has 0 aromatic heterocycles. The minimum absolute atomic E-state index is 0.625. The second kappa shape index (κ2) is 5.98. The van der Waals surface area contributed by atoms with Crippen molar-refractivity contribution >= 4 is 17.3 Å². The number of nitrogens with one attached hydrogen (secondary N) is 1. The summed E-state index contributed by atoms with van der Waals surface area (Å²) >= 11 is 6.00. The van der Waals surface area contributed by atoms with Crippen LogP contribution in [0.2, 0.25) is 5.02 Å². The molecule has 0 atom stereocenters. The second-order valence-electron chi connectivity index (χ2n) is 4.63. The summed E-state index contributed by atoms with van der Waals surface area (Å²) in [6.45, 7) is 5.03. The van der Waals surface area contributed by atoms with Crippen molar-refractivity contribution in [3.8, 4) is 5.75 Å². The zero-order valence-electron chi connectivity index (χ0n) is 11.5. The Morgan fingerprint density at radius 2 is 1.89 bits per heavy atom. The number of methoxy groups -OCH3 is 1. The van der Waals surface area contributed by atoms with Gasteiger partial charge in [-0.25, -0.2) is 0 Å². The fourth-order valence-corrected chi connectivity index (χ4v) is 2.21. The third-order valence-electron chi connectivity index (χ3n) is 3.13. The molecule has 0 unspecified atom stereocenters. The standard InChI is InChI=1S/C16H18ClNO/c1-11-4-5-13(12(2)8-11)10-18-14-6-7-15(17)16(9-14)19-3/h4-9,18H,10H2,1-3H3. The molecule has 2 nitrogen and oxygen atoms in total. The van der Waals surface area contributed by atoms with E-state index in [1.807, 2.05) is 18.2 Å². The monoisotopic (exact) mass is 275 g/mol. The van der Waals surface area contributed by atoms with E-state index in [2.05, 4.69) is 37.4 Å². The third-order valence-corrected chi connectivity index (χ3v) is 3.44. The number of hydrogen-bond acceptors (Lipinski definition) is 2. The van der Waals surface area contributed by atoms with E-state index in [-0.39, 0.29) is 0 Å². The van der Waals surface area contributed by atoms with Gasteiger partial charge in [-0.3, -0.25) is 0 Å². The molecule has 0 aliphatic carbocycles. The van der Waals surface area contributed by atoms with Gasteiger partial charge >= 0.3 is 0 Å². The summed E-state index contributed by atoms with van der Waals surface area (Å²) in [7, 11) is 1.62. The van der Waals surface area contributed by atoms with Crippen molar-refractivity contribution in [2.24, 2.45) is 0 Å². The summed E-state index contributed by atoms with van der Waals surface area (Å²) in [5.74, 6) is 0.687. The van der Waals surface area contributed by atoms with Crippen molar-refractivity contribution in [3.05, 3.63) is 58.1 Å². The first kappa shape index (κ1) is 13.8. The number of hydrogen-bond donors (Lipinski definition) is 1. The van der Waals surface area contributed by atoms with Gasteiger partial charge in [-0.1, -0.05) is 35.4 Å². The van der Waals surface area contributed by atoms with Gasteiger partial charge in [-0.05, 0) is 37.1 Å². The Balaban J connectivity index is 2.10. The van der Waals surface area contributed by atoms with Crippen molar-refractivity contribution in [1.82, 2.24) is 0 Å². The highest BCUT2D eigenvalue weighted by Crippen LogP contribution is 2.27. The Bertz CT molecular complexity index is 581. The van der Waals surface area contributed by atoms with Crippen LogP contribution in [0.1, 0.15) is 16.7 Å². The van der Waals surface area contributed by atoms with Gasteiger partial charge in [0.2, 0.25) is 0 Å². The molecule has 0 saturated heterocycles. The number of anilines is 1. The van der Waals surface area contributed by atoms with E-state index in [0.717, 1.165) is 12.2 Å². The van der Waals surface area contributed by atoms with Gasteiger partial charge in [0.1, 0.15) is 5.75 Å². The lowest BCUT2D eigenvalue weighted by Crippen LogP contribution is -2.01. The van der Waals surface area contributed by atoms with Crippen LogP contribution in [-0.2, 0) is 6.54 Å². The van der Waals surface area contributed by atoms with E-state index >= 15 is 0 Å². The van der Waals surface area contributed by atoms with Gasteiger partial charge in [-0.15, -0.1) is 0 Å². The third kappa shape index (κ3) is 3.42. The lowest BCUT2D eigenvalue weighted by molar-refractivity contribution is 0.415. The average Bonchev–Trinajstić information content (AvgIpc) is 2.39. The molecular weight excluding hydrogens is 258 g/mol. The number of halogens is 1. The molecule has 0 aliphatic heterocycles. The summed E-state index contributed by atoms with van der Waals surface area (Å²) in [6.07, 6.45) is 0. The van der Waals surface area contributed by atoms with E-state index in [4.69, 9.17) is 16.3 Å². The Morgan fingerprint density at radius 3 is 2.58 bits per heavy atom. The van der Waals surface area contributed by atoms with Crippen LogP contribution in [-0.4, -0.2) is 7.11 Å². The molecule has 3 heteroatoms. The quantitative estimate of drug-likeness (QED) is 0.882. The van der Waals surface area contributed by atoms with Crippen LogP contribution >= 0.6 is 11.6 Å². The van der Waals surface area contributed by atoms with E-state index in [1.165, 1.54) is 16.7 Å². The molecular formula is C16H18ClNO. The summed E-state index contributed by atoms with van der Waals surface area (Å²) in [5, 5.41) is 4.01. The second-order valence-corrected chi connectivity index (χ2v) is 5.04. The number of rotatable bonds is 4. The topological polar surface area (TPSA) is 21.3 Å². The maximum absolute atomic E-state index is 6.00. The van der Waals surface area contributed by atoms with Crippen LogP contribution < -0.4 is 10.1 Å². The zero-order valence-corrected chi connectivity index (χ0v) is 12.2. The molecule has 2 rings (SSSR count). The predicted octanol–water partition coefficient (Wildman–Crippen LogP) is 4.58. The van der Waals surface area contributed by atoms with E-state index in [9.17, 15) is 0 Å². The van der Waals surface area contributed by atoms with Crippen LogP contribution in [0.5, 0.6) is 5.75 Å². The lowest BCUT2D eigenvalue weighted by atomic mass is 10.1. The molecule has 0 heterocycles. The van der Waals surface area contributed by atoms with E-state index in [0.29, 0.717) is 10.8 Å². The van der Waals surface area contributed by atoms with Gasteiger partial charge in [0.15, 0.2) is 0 Å². The molecule has 100 valence electrons. The van der Waals surface area contributed by atoms with Gasteiger partial charge in [-0.2, -0.15) is 0 Å². The van der Waals surface area contributed by atoms with Crippen molar-refractivity contribution in [3.63, 3.8) is 0 Å². The SMILES string of the molecule is COc1cc(NCc2ccc(C)cc2C)ccc1Cl. The molecule has 1 N–H and O–H groups in total. The maximum Gasteiger partial charge on any atom is 0.139 e. The molecule has 2 aromatic carbocycles. The molecule has 0 amide bonds. The Labute approximate surface area is 119 Å². The van der Waals surface area contributed by atoms with Gasteiger partial charge < -0.3 is 10.1 Å². The fraction of sp³-hybridized carbons (Fsp3) is 0.250. The van der Waals surface area contributed by atoms with Crippen molar-refractivity contribution < 1.29 is 4.74 Å². The highest BCUT2D eigenvalue weighted by Gasteiger charge is 2.03. The van der Waals surface area contributed by atoms with Gasteiger partial charge in [0.25, 0.3) is 0 Å². The van der Waals surface area contributed by atoms with Crippen LogP contribution in [0, 0.1) is 13.8 Å². The first-order chi connectivity index (χ1) is 9.10. The van der Waals surface area contributed by atoms with Crippen LogP contribution in [0.25, 0.3) is 0 Å². The van der Waals surface area contributed by atoms with E-state index in [1.54, 1.807) is 7.11 Å². The van der Waals surface area contributed by atoms with Crippen molar-refractivity contribution in [2.45, 2.75) is 20.4 Å². The molecule has 2 aromatic rings.